The molecule has 121 valence electrons. The predicted octanol–water partition coefficient (Wildman–Crippen LogP) is -7.85. The Kier molecular flexibility index (Phi) is 202. The van der Waals surface area contributed by atoms with Gasteiger partial charge in [0.1, 0.15) is 0 Å². The monoisotopic (exact) mass is 433 g/mol. The summed E-state index contributed by atoms with van der Waals surface area (Å²) in [5.41, 5.74) is 0. The molecule has 0 heterocycles. The first-order chi connectivity index (χ1) is 5.20. The van der Waals surface area contributed by atoms with Gasteiger partial charge in [0.2, 0.25) is 0 Å². The molecular weight excluding hydrogens is 415 g/mol. The van der Waals surface area contributed by atoms with E-state index in [1.165, 1.54) is 0 Å². The van der Waals surface area contributed by atoms with E-state index >= 15 is 0 Å². The number of aliphatic carboxylic acids is 3. The van der Waals surface area contributed by atoms with Crippen molar-refractivity contribution in [3.8, 4) is 0 Å². The van der Waals surface area contributed by atoms with E-state index in [1.54, 1.807) is 0 Å². The molecule has 12 heteroatoms. The smallest absolute Gasteiger partial charge is 0.550 e. The van der Waals surface area contributed by atoms with Crippen molar-refractivity contribution in [1.82, 2.24) is 0 Å². The summed E-state index contributed by atoms with van der Waals surface area (Å²) in [6.45, 7) is 2.92. The van der Waals surface area contributed by atoms with E-state index in [4.69, 9.17) is 29.7 Å². The summed E-state index contributed by atoms with van der Waals surface area (Å²) in [7, 11) is 0. The fraction of sp³-hybridized carbons (Fsp3) is 0.500. The van der Waals surface area contributed by atoms with Crippen LogP contribution in [-0.2, 0) is 14.4 Å². The molecule has 0 aliphatic heterocycles. The van der Waals surface area contributed by atoms with Crippen molar-refractivity contribution in [2.75, 3.05) is 0 Å². The van der Waals surface area contributed by atoms with Gasteiger partial charge in [-0.3, -0.25) is 0 Å². The molecule has 0 saturated carbocycles. The zero-order valence-electron chi connectivity index (χ0n) is 9.74. The molecule has 18 heavy (non-hydrogen) atoms. The minimum Gasteiger partial charge on any atom is -0.550 e. The van der Waals surface area contributed by atoms with Gasteiger partial charge in [0.25, 0.3) is 0 Å². The minimum absolute atomic E-state index is 0. The normalized spacial score (nSPS) is 4.17. The average molecular weight is 434 g/mol. The summed E-state index contributed by atoms with van der Waals surface area (Å²) in [6, 6.07) is 0. The van der Waals surface area contributed by atoms with E-state index in [0.29, 0.717) is 0 Å². The first-order valence-corrected chi connectivity index (χ1v) is 2.72. The van der Waals surface area contributed by atoms with Gasteiger partial charge in [-0.25, -0.2) is 0 Å². The topological polar surface area (TPSA) is 278 Å². The van der Waals surface area contributed by atoms with E-state index in [-0.39, 0.29) is 64.7 Å². The zero-order chi connectivity index (χ0) is 10.7. The maximum Gasteiger partial charge on any atom is 3.00 e. The fourth-order valence-electron chi connectivity index (χ4n) is 0. The Morgan fingerprint density at radius 2 is 0.556 bits per heavy atom. The Balaban J connectivity index is -0.00000000827. The van der Waals surface area contributed by atoms with Gasteiger partial charge in [0.05, 0.1) is 0 Å². The second-order valence-electron chi connectivity index (χ2n) is 1.47. The van der Waals surface area contributed by atoms with E-state index < -0.39 is 17.9 Å². The molecule has 11 nitrogen and oxygen atoms in total. The third-order valence-electron chi connectivity index (χ3n) is 0. The Morgan fingerprint density at radius 3 is 0.556 bits per heavy atom. The van der Waals surface area contributed by atoms with Crippen molar-refractivity contribution in [3.63, 3.8) is 0 Å². The number of rotatable bonds is 0. The summed E-state index contributed by atoms with van der Waals surface area (Å²) in [6.07, 6.45) is 0. The van der Waals surface area contributed by atoms with Gasteiger partial charge in [0, 0.05) is 17.9 Å². The Labute approximate surface area is 133 Å². The van der Waals surface area contributed by atoms with Gasteiger partial charge in [-0.15, -0.1) is 0 Å². The molecule has 0 atom stereocenters. The number of carbonyl (C=O) groups is 3. The second-order valence-corrected chi connectivity index (χ2v) is 1.47. The number of hydrogen-bond donors (Lipinski definition) is 0. The van der Waals surface area contributed by atoms with Gasteiger partial charge in [-0.1, -0.05) is 0 Å². The number of carboxylic acids is 3. The van der Waals surface area contributed by atoms with Crippen LogP contribution in [0.25, 0.3) is 0 Å². The van der Waals surface area contributed by atoms with Crippen LogP contribution in [0.1, 0.15) is 20.8 Å². The summed E-state index contributed by atoms with van der Waals surface area (Å²) in [5, 5.41) is 26.7. The van der Waals surface area contributed by atoms with Crippen LogP contribution < -0.4 is 15.3 Å². The first kappa shape index (κ1) is 66.1. The number of carbonyl (C=O) groups excluding carboxylic acids is 3. The molecule has 0 aliphatic rings. The van der Waals surface area contributed by atoms with Crippen LogP contribution in [0.4, 0.5) is 0 Å². The van der Waals surface area contributed by atoms with Gasteiger partial charge in [-0.2, -0.15) is 0 Å². The fourth-order valence-corrected chi connectivity index (χ4v) is 0. The van der Waals surface area contributed by atoms with Crippen LogP contribution >= 0.6 is 0 Å². The summed E-state index contributed by atoms with van der Waals surface area (Å²) in [4.78, 5) is 26.7. The van der Waals surface area contributed by atoms with E-state index in [0.717, 1.165) is 20.8 Å². The molecular formula is C6H19ErO11. The second kappa shape index (κ2) is 55.0. The third-order valence-corrected chi connectivity index (χ3v) is 0. The van der Waals surface area contributed by atoms with Gasteiger partial charge >= 0.3 is 37.3 Å². The summed E-state index contributed by atoms with van der Waals surface area (Å²) in [5.74, 6) is -3.25. The Hall–Kier alpha value is -0.543. The van der Waals surface area contributed by atoms with Gasteiger partial charge < -0.3 is 57.1 Å². The first-order valence-electron chi connectivity index (χ1n) is 2.72. The quantitative estimate of drug-likeness (QED) is 0.356. The standard InChI is InChI=1S/3C2H4O2.Er.5H2O/c3*1-2(3)4;;;;;;/h3*1H3,(H,3,4);;5*1H2/q;;;+3;;;;;/p-3. The molecule has 0 rings (SSSR count). The summed E-state index contributed by atoms with van der Waals surface area (Å²) < 4.78 is 0. The molecule has 0 fully saturated rings. The van der Waals surface area contributed by atoms with Crippen LogP contribution in [0.15, 0.2) is 0 Å². The third kappa shape index (κ3) is 10900. The summed E-state index contributed by atoms with van der Waals surface area (Å²) >= 11 is 0. The van der Waals surface area contributed by atoms with Gasteiger partial charge in [0.15, 0.2) is 0 Å². The van der Waals surface area contributed by atoms with Crippen molar-refractivity contribution >= 4 is 17.9 Å². The molecule has 0 aromatic rings. The average Bonchev–Trinajstić information content (AvgIpc) is 1.54. The van der Waals surface area contributed by atoms with Crippen molar-refractivity contribution in [2.45, 2.75) is 20.8 Å². The molecule has 0 spiro atoms. The van der Waals surface area contributed by atoms with Crippen LogP contribution in [0.5, 0.6) is 0 Å². The van der Waals surface area contributed by atoms with Crippen molar-refractivity contribution in [2.24, 2.45) is 0 Å². The van der Waals surface area contributed by atoms with Crippen molar-refractivity contribution < 1.29 is 94.4 Å². The van der Waals surface area contributed by atoms with Crippen LogP contribution in [-0.4, -0.2) is 45.3 Å². The molecule has 0 amide bonds. The Bertz CT molecular complexity index is 119. The predicted molar refractivity (Wildman–Crippen MR) is 50.1 cm³/mol. The van der Waals surface area contributed by atoms with Crippen LogP contribution in [0.2, 0.25) is 0 Å². The molecule has 0 saturated heterocycles. The van der Waals surface area contributed by atoms with Gasteiger partial charge in [-0.05, 0) is 20.8 Å². The minimum atomic E-state index is -1.08. The maximum absolute atomic E-state index is 8.89. The molecule has 0 unspecified atom stereocenters. The maximum atomic E-state index is 8.89. The molecule has 0 bridgehead atoms. The van der Waals surface area contributed by atoms with E-state index in [2.05, 4.69) is 0 Å². The SMILES string of the molecule is CC(=O)[O-].CC(=O)[O-].CC(=O)[O-].O.O.O.O.O.[Er+3]. The van der Waals surface area contributed by atoms with Crippen molar-refractivity contribution in [1.29, 1.82) is 0 Å². The largest absolute Gasteiger partial charge is 3.00 e. The zero-order valence-corrected chi connectivity index (χ0v) is 11.6. The molecule has 0 aromatic heterocycles. The molecule has 0 aliphatic carbocycles. The van der Waals surface area contributed by atoms with E-state index in [1.807, 2.05) is 0 Å². The van der Waals surface area contributed by atoms with Crippen LogP contribution in [0, 0.1) is 37.3 Å². The number of hydrogen-bond acceptors (Lipinski definition) is 6. The molecule has 1 radical (unpaired) electrons. The Morgan fingerprint density at radius 1 is 0.556 bits per heavy atom. The molecule has 10 N–H and O–H groups in total. The van der Waals surface area contributed by atoms with E-state index in [9.17, 15) is 0 Å². The van der Waals surface area contributed by atoms with Crippen LogP contribution in [0.3, 0.4) is 0 Å². The van der Waals surface area contributed by atoms with Crippen molar-refractivity contribution in [3.05, 3.63) is 0 Å². The molecule has 0 aromatic carbocycles. The number of carboxylic acid groups (broad SMARTS) is 3.